The van der Waals surface area contributed by atoms with Crippen molar-refractivity contribution in [2.45, 2.75) is 32.4 Å². The second kappa shape index (κ2) is 6.77. The van der Waals surface area contributed by atoms with Gasteiger partial charge in [0.05, 0.1) is 11.6 Å². The molecule has 1 aromatic carbocycles. The van der Waals surface area contributed by atoms with E-state index in [0.29, 0.717) is 5.02 Å². The van der Waals surface area contributed by atoms with Gasteiger partial charge in [0.2, 0.25) is 5.91 Å². The Morgan fingerprint density at radius 1 is 1.38 bits per heavy atom. The van der Waals surface area contributed by atoms with E-state index >= 15 is 0 Å². The van der Waals surface area contributed by atoms with Crippen LogP contribution in [0.1, 0.15) is 32.4 Å². The number of hydrogen-bond acceptors (Lipinski definition) is 3. The number of ether oxygens (including phenoxy) is 1. The Hall–Kier alpha value is -1.10. The number of carbonyl (C=O) groups excluding carboxylic acids is 1. The molecule has 0 aliphatic carbocycles. The molecular formula is C16H23ClN2O2. The van der Waals surface area contributed by atoms with Crippen molar-refractivity contribution in [1.29, 1.82) is 0 Å². The fourth-order valence-corrected chi connectivity index (χ4v) is 2.47. The van der Waals surface area contributed by atoms with E-state index < -0.39 is 0 Å². The van der Waals surface area contributed by atoms with Crippen LogP contribution in [0.25, 0.3) is 0 Å². The minimum absolute atomic E-state index is 0.0364. The van der Waals surface area contributed by atoms with Crippen molar-refractivity contribution in [2.75, 3.05) is 19.7 Å². The van der Waals surface area contributed by atoms with Crippen LogP contribution in [0.5, 0.6) is 0 Å². The first-order chi connectivity index (χ1) is 9.89. The predicted octanol–water partition coefficient (Wildman–Crippen LogP) is 2.53. The molecule has 1 fully saturated rings. The van der Waals surface area contributed by atoms with E-state index in [1.807, 2.05) is 31.2 Å². The van der Waals surface area contributed by atoms with Crippen LogP contribution < -0.4 is 10.6 Å². The lowest BCUT2D eigenvalue weighted by Crippen LogP contribution is -2.59. The summed E-state index contributed by atoms with van der Waals surface area (Å²) in [6, 6.07) is 7.55. The number of nitrogens with one attached hydrogen (secondary N) is 2. The molecule has 2 rings (SSSR count). The van der Waals surface area contributed by atoms with Crippen molar-refractivity contribution in [3.05, 3.63) is 34.9 Å². The summed E-state index contributed by atoms with van der Waals surface area (Å²) in [5.41, 5.74) is 0.851. The first-order valence-corrected chi connectivity index (χ1v) is 7.67. The minimum Gasteiger partial charge on any atom is -0.363 e. The van der Waals surface area contributed by atoms with Crippen LogP contribution in [-0.2, 0) is 9.53 Å². The Bertz CT molecular complexity index is 484. The van der Waals surface area contributed by atoms with Gasteiger partial charge in [-0.25, -0.2) is 0 Å². The van der Waals surface area contributed by atoms with Gasteiger partial charge in [-0.2, -0.15) is 0 Å². The number of benzene rings is 1. The summed E-state index contributed by atoms with van der Waals surface area (Å²) in [7, 11) is 0. The first-order valence-electron chi connectivity index (χ1n) is 7.29. The molecule has 2 N–H and O–H groups in total. The molecule has 4 nitrogen and oxygen atoms in total. The fourth-order valence-electron chi connectivity index (χ4n) is 2.34. The molecule has 1 aliphatic rings. The first kappa shape index (κ1) is 16.3. The molecule has 0 saturated carbocycles. The fraction of sp³-hybridized carbons (Fsp3) is 0.562. The maximum absolute atomic E-state index is 12.1. The molecule has 1 unspecified atom stereocenters. The quantitative estimate of drug-likeness (QED) is 0.849. The normalized spacial score (nSPS) is 18.1. The smallest absolute Gasteiger partial charge is 0.246 e. The number of carbonyl (C=O) groups is 1. The zero-order valence-electron chi connectivity index (χ0n) is 12.8. The van der Waals surface area contributed by atoms with Crippen LogP contribution in [0, 0.1) is 5.92 Å². The van der Waals surface area contributed by atoms with Gasteiger partial charge >= 0.3 is 0 Å². The lowest BCUT2D eigenvalue weighted by Gasteiger charge is -2.39. The van der Waals surface area contributed by atoms with Crippen LogP contribution in [0.3, 0.4) is 0 Å². The number of amides is 1. The average Bonchev–Trinajstić information content (AvgIpc) is 2.41. The highest BCUT2D eigenvalue weighted by Gasteiger charge is 2.33. The maximum Gasteiger partial charge on any atom is 0.246 e. The summed E-state index contributed by atoms with van der Waals surface area (Å²) in [6.45, 7) is 7.86. The maximum atomic E-state index is 12.1. The van der Waals surface area contributed by atoms with Gasteiger partial charge in [0.25, 0.3) is 0 Å². The Balaban J connectivity index is 1.92. The van der Waals surface area contributed by atoms with E-state index in [1.165, 1.54) is 0 Å². The third kappa shape index (κ3) is 4.43. The predicted molar refractivity (Wildman–Crippen MR) is 84.4 cm³/mol. The van der Waals surface area contributed by atoms with Gasteiger partial charge < -0.3 is 15.4 Å². The van der Waals surface area contributed by atoms with Crippen molar-refractivity contribution in [3.63, 3.8) is 0 Å². The van der Waals surface area contributed by atoms with Crippen molar-refractivity contribution >= 4 is 17.5 Å². The van der Waals surface area contributed by atoms with Crippen molar-refractivity contribution in [2.24, 2.45) is 5.92 Å². The largest absolute Gasteiger partial charge is 0.363 e. The average molecular weight is 311 g/mol. The molecule has 1 amide bonds. The molecule has 21 heavy (non-hydrogen) atoms. The summed E-state index contributed by atoms with van der Waals surface area (Å²) in [6.07, 6.45) is 0. The van der Waals surface area contributed by atoms with Crippen LogP contribution in [-0.4, -0.2) is 31.2 Å². The molecule has 1 atom stereocenters. The van der Waals surface area contributed by atoms with E-state index in [4.69, 9.17) is 16.3 Å². The number of halogens is 1. The topological polar surface area (TPSA) is 50.4 Å². The standard InChI is InChI=1S/C16H23ClN2O2/c1-11(2)15(12-4-6-13(17)7-5-12)19-14(20)8-21-16(3)9-18-10-16/h4-7,11,15,18H,8-10H2,1-3H3,(H,19,20). The third-order valence-corrected chi connectivity index (χ3v) is 4.01. The number of hydrogen-bond donors (Lipinski definition) is 2. The SMILES string of the molecule is CC(C)C(NC(=O)COC1(C)CNC1)c1ccc(Cl)cc1. The van der Waals surface area contributed by atoms with Gasteiger partial charge in [0, 0.05) is 18.1 Å². The molecular weight excluding hydrogens is 288 g/mol. The zero-order valence-corrected chi connectivity index (χ0v) is 13.5. The Labute approximate surface area is 131 Å². The monoisotopic (exact) mass is 310 g/mol. The molecule has 1 heterocycles. The van der Waals surface area contributed by atoms with Crippen molar-refractivity contribution < 1.29 is 9.53 Å². The molecule has 0 bridgehead atoms. The van der Waals surface area contributed by atoms with E-state index in [-0.39, 0.29) is 30.1 Å². The highest BCUT2D eigenvalue weighted by atomic mass is 35.5. The Morgan fingerprint density at radius 3 is 2.48 bits per heavy atom. The Kier molecular flexibility index (Phi) is 5.25. The van der Waals surface area contributed by atoms with Crippen molar-refractivity contribution in [3.8, 4) is 0 Å². The molecule has 5 heteroatoms. The molecule has 1 aliphatic heterocycles. The minimum atomic E-state index is -0.203. The summed E-state index contributed by atoms with van der Waals surface area (Å²) >= 11 is 5.91. The third-order valence-electron chi connectivity index (χ3n) is 3.76. The highest BCUT2D eigenvalue weighted by molar-refractivity contribution is 6.30. The highest BCUT2D eigenvalue weighted by Crippen LogP contribution is 2.23. The van der Waals surface area contributed by atoms with Gasteiger partial charge in [-0.15, -0.1) is 0 Å². The van der Waals surface area contributed by atoms with Crippen LogP contribution >= 0.6 is 11.6 Å². The summed E-state index contributed by atoms with van der Waals surface area (Å²) in [5.74, 6) is 0.202. The molecule has 1 aromatic rings. The zero-order chi connectivity index (χ0) is 15.5. The van der Waals surface area contributed by atoms with Crippen LogP contribution in [0.2, 0.25) is 5.02 Å². The van der Waals surface area contributed by atoms with E-state index in [0.717, 1.165) is 18.7 Å². The van der Waals surface area contributed by atoms with E-state index in [9.17, 15) is 4.79 Å². The molecule has 1 saturated heterocycles. The van der Waals surface area contributed by atoms with E-state index in [2.05, 4.69) is 24.5 Å². The van der Waals surface area contributed by atoms with Gasteiger partial charge in [-0.1, -0.05) is 37.6 Å². The van der Waals surface area contributed by atoms with Gasteiger partial charge in [-0.3, -0.25) is 4.79 Å². The van der Waals surface area contributed by atoms with Gasteiger partial charge in [0.15, 0.2) is 0 Å². The van der Waals surface area contributed by atoms with Crippen molar-refractivity contribution in [1.82, 2.24) is 10.6 Å². The van der Waals surface area contributed by atoms with Gasteiger partial charge in [-0.05, 0) is 30.5 Å². The second-order valence-electron chi connectivity index (χ2n) is 6.18. The Morgan fingerprint density at radius 2 is 2.00 bits per heavy atom. The second-order valence-corrected chi connectivity index (χ2v) is 6.62. The molecule has 0 radical (unpaired) electrons. The summed E-state index contributed by atoms with van der Waals surface area (Å²) < 4.78 is 5.67. The van der Waals surface area contributed by atoms with E-state index in [1.54, 1.807) is 0 Å². The lowest BCUT2D eigenvalue weighted by molar-refractivity contribution is -0.136. The summed E-state index contributed by atoms with van der Waals surface area (Å²) in [4.78, 5) is 12.1. The molecule has 116 valence electrons. The van der Waals surface area contributed by atoms with Gasteiger partial charge in [0.1, 0.15) is 6.61 Å². The summed E-state index contributed by atoms with van der Waals surface area (Å²) in [5, 5.41) is 6.89. The van der Waals surface area contributed by atoms with Crippen LogP contribution in [0.4, 0.5) is 0 Å². The number of rotatable bonds is 6. The van der Waals surface area contributed by atoms with Crippen LogP contribution in [0.15, 0.2) is 24.3 Å². The molecule has 0 spiro atoms. The molecule has 0 aromatic heterocycles. The lowest BCUT2D eigenvalue weighted by atomic mass is 9.96.